The molecule has 4 nitrogen and oxygen atoms in total. The number of rotatable bonds is 2. The lowest BCUT2D eigenvalue weighted by Crippen LogP contribution is -2.36. The van der Waals surface area contributed by atoms with Crippen molar-refractivity contribution >= 4 is 11.9 Å². The van der Waals surface area contributed by atoms with Gasteiger partial charge >= 0.3 is 6.09 Å². The first kappa shape index (κ1) is 13.5. The highest BCUT2D eigenvalue weighted by atomic mass is 19.1. The van der Waals surface area contributed by atoms with Crippen LogP contribution in [0, 0.1) is 0 Å². The number of amides is 1. The SMILES string of the molecule is O=C1CN(C(=O)OCc2ccccc2)CCCC1F. The second kappa shape index (κ2) is 6.31. The Hall–Kier alpha value is -1.91. The van der Waals surface area contributed by atoms with Gasteiger partial charge in [-0.15, -0.1) is 0 Å². The number of likely N-dealkylation sites (tertiary alicyclic amines) is 1. The zero-order valence-electron chi connectivity index (χ0n) is 10.5. The Bertz CT molecular complexity index is 449. The van der Waals surface area contributed by atoms with E-state index >= 15 is 0 Å². The van der Waals surface area contributed by atoms with E-state index in [1.165, 1.54) is 4.90 Å². The summed E-state index contributed by atoms with van der Waals surface area (Å²) >= 11 is 0. The fourth-order valence-electron chi connectivity index (χ4n) is 1.96. The molecule has 2 rings (SSSR count). The molecule has 0 N–H and O–H groups in total. The van der Waals surface area contributed by atoms with Crippen molar-refractivity contribution < 1.29 is 18.7 Å². The summed E-state index contributed by atoms with van der Waals surface area (Å²) in [4.78, 5) is 24.5. The molecule has 1 fully saturated rings. The number of carbonyl (C=O) groups is 2. The molecule has 0 bridgehead atoms. The van der Waals surface area contributed by atoms with Gasteiger partial charge in [0.1, 0.15) is 6.61 Å². The lowest BCUT2D eigenvalue weighted by Gasteiger charge is -2.18. The van der Waals surface area contributed by atoms with E-state index < -0.39 is 18.0 Å². The number of Topliss-reactive ketones (excluding diaryl/α,β-unsaturated/α-hetero) is 1. The molecule has 0 saturated carbocycles. The van der Waals surface area contributed by atoms with Gasteiger partial charge in [-0.05, 0) is 18.4 Å². The normalized spacial score (nSPS) is 19.9. The van der Waals surface area contributed by atoms with Crippen molar-refractivity contribution in [3.05, 3.63) is 35.9 Å². The quantitative estimate of drug-likeness (QED) is 0.824. The molecule has 1 atom stereocenters. The lowest BCUT2D eigenvalue weighted by molar-refractivity contribution is -0.124. The second-order valence-electron chi connectivity index (χ2n) is 4.54. The maximum Gasteiger partial charge on any atom is 0.410 e. The number of halogens is 1. The van der Waals surface area contributed by atoms with Crippen LogP contribution in [0.4, 0.5) is 9.18 Å². The van der Waals surface area contributed by atoms with E-state index in [1.54, 1.807) is 0 Å². The first-order valence-electron chi connectivity index (χ1n) is 6.29. The van der Waals surface area contributed by atoms with E-state index in [1.807, 2.05) is 30.3 Å². The average molecular weight is 265 g/mol. The molecule has 102 valence electrons. The van der Waals surface area contributed by atoms with Crippen LogP contribution in [0.2, 0.25) is 0 Å². The molecule has 5 heteroatoms. The lowest BCUT2D eigenvalue weighted by atomic mass is 10.2. The summed E-state index contributed by atoms with van der Waals surface area (Å²) in [6.07, 6.45) is -1.35. The van der Waals surface area contributed by atoms with Gasteiger partial charge in [0.15, 0.2) is 12.0 Å². The van der Waals surface area contributed by atoms with Crippen molar-refractivity contribution in [1.82, 2.24) is 4.90 Å². The van der Waals surface area contributed by atoms with Crippen molar-refractivity contribution in [3.8, 4) is 0 Å². The van der Waals surface area contributed by atoms with Crippen LogP contribution >= 0.6 is 0 Å². The number of nitrogens with zero attached hydrogens (tertiary/aromatic N) is 1. The van der Waals surface area contributed by atoms with Gasteiger partial charge in [0.05, 0.1) is 6.54 Å². The van der Waals surface area contributed by atoms with Gasteiger partial charge in [-0.3, -0.25) is 4.79 Å². The van der Waals surface area contributed by atoms with Crippen LogP contribution in [-0.4, -0.2) is 36.0 Å². The monoisotopic (exact) mass is 265 g/mol. The molecule has 19 heavy (non-hydrogen) atoms. The summed E-state index contributed by atoms with van der Waals surface area (Å²) in [7, 11) is 0. The van der Waals surface area contributed by atoms with Crippen molar-refractivity contribution in [3.63, 3.8) is 0 Å². The van der Waals surface area contributed by atoms with Crippen LogP contribution in [0.3, 0.4) is 0 Å². The Morgan fingerprint density at radius 1 is 1.37 bits per heavy atom. The fraction of sp³-hybridized carbons (Fsp3) is 0.429. The highest BCUT2D eigenvalue weighted by molar-refractivity contribution is 5.87. The van der Waals surface area contributed by atoms with E-state index in [4.69, 9.17) is 4.74 Å². The third kappa shape index (κ3) is 3.77. The number of carbonyl (C=O) groups excluding carboxylic acids is 2. The zero-order chi connectivity index (χ0) is 13.7. The highest BCUT2D eigenvalue weighted by Gasteiger charge is 2.27. The molecule has 0 radical (unpaired) electrons. The summed E-state index contributed by atoms with van der Waals surface area (Å²) in [5.41, 5.74) is 0.875. The molecule has 1 unspecified atom stereocenters. The summed E-state index contributed by atoms with van der Waals surface area (Å²) < 4.78 is 18.3. The molecule has 0 spiro atoms. The van der Waals surface area contributed by atoms with Gasteiger partial charge in [0.2, 0.25) is 0 Å². The Balaban J connectivity index is 1.87. The molecule has 0 aliphatic carbocycles. The van der Waals surface area contributed by atoms with E-state index in [0.29, 0.717) is 13.0 Å². The number of ether oxygens (including phenoxy) is 1. The molecule has 1 aromatic carbocycles. The fourth-order valence-corrected chi connectivity index (χ4v) is 1.96. The topological polar surface area (TPSA) is 46.6 Å². The maximum absolute atomic E-state index is 13.2. The van der Waals surface area contributed by atoms with Gasteiger partial charge in [-0.2, -0.15) is 0 Å². The summed E-state index contributed by atoms with van der Waals surface area (Å²) in [5, 5.41) is 0. The molecule has 1 heterocycles. The van der Waals surface area contributed by atoms with Crippen molar-refractivity contribution in [2.45, 2.75) is 25.6 Å². The molecule has 1 aromatic rings. The Morgan fingerprint density at radius 2 is 2.11 bits per heavy atom. The number of ketones is 1. The standard InChI is InChI=1S/C14H16FNO3/c15-12-7-4-8-16(9-13(12)17)14(18)19-10-11-5-2-1-3-6-11/h1-3,5-6,12H,4,7-10H2. The smallest absolute Gasteiger partial charge is 0.410 e. The molecular weight excluding hydrogens is 249 g/mol. The highest BCUT2D eigenvalue weighted by Crippen LogP contribution is 2.12. The van der Waals surface area contributed by atoms with Gasteiger partial charge < -0.3 is 9.64 Å². The molecule has 1 amide bonds. The number of hydrogen-bond donors (Lipinski definition) is 0. The second-order valence-corrected chi connectivity index (χ2v) is 4.54. The summed E-state index contributed by atoms with van der Waals surface area (Å²) in [5.74, 6) is -0.547. The summed E-state index contributed by atoms with van der Waals surface area (Å²) in [6, 6.07) is 9.27. The minimum Gasteiger partial charge on any atom is -0.445 e. The largest absolute Gasteiger partial charge is 0.445 e. The van der Waals surface area contributed by atoms with E-state index in [0.717, 1.165) is 5.56 Å². The predicted octanol–water partition coefficient (Wildman–Crippen LogP) is 2.33. The van der Waals surface area contributed by atoms with E-state index in [9.17, 15) is 14.0 Å². The molecule has 1 aliphatic heterocycles. The van der Waals surface area contributed by atoms with Crippen molar-refractivity contribution in [1.29, 1.82) is 0 Å². The van der Waals surface area contributed by atoms with Gasteiger partial charge in [0.25, 0.3) is 0 Å². The maximum atomic E-state index is 13.2. The van der Waals surface area contributed by atoms with Crippen molar-refractivity contribution in [2.24, 2.45) is 0 Å². The van der Waals surface area contributed by atoms with Crippen LogP contribution in [-0.2, 0) is 16.1 Å². The van der Waals surface area contributed by atoms with E-state index in [2.05, 4.69) is 0 Å². The molecule has 0 aromatic heterocycles. The number of alkyl halides is 1. The molecule has 1 aliphatic rings. The third-order valence-corrected chi connectivity index (χ3v) is 3.04. The van der Waals surface area contributed by atoms with E-state index in [-0.39, 0.29) is 19.6 Å². The first-order chi connectivity index (χ1) is 9.16. The number of hydrogen-bond acceptors (Lipinski definition) is 3. The number of benzene rings is 1. The van der Waals surface area contributed by atoms with Crippen LogP contribution in [0.5, 0.6) is 0 Å². The zero-order valence-corrected chi connectivity index (χ0v) is 10.5. The van der Waals surface area contributed by atoms with Crippen molar-refractivity contribution in [2.75, 3.05) is 13.1 Å². The van der Waals surface area contributed by atoms with Crippen LogP contribution < -0.4 is 0 Å². The summed E-state index contributed by atoms with van der Waals surface area (Å²) in [6.45, 7) is 0.317. The van der Waals surface area contributed by atoms with Crippen LogP contribution in [0.25, 0.3) is 0 Å². The minimum absolute atomic E-state index is 0.156. The average Bonchev–Trinajstić information content (AvgIpc) is 2.60. The predicted molar refractivity (Wildman–Crippen MR) is 67.3 cm³/mol. The van der Waals surface area contributed by atoms with Gasteiger partial charge in [-0.1, -0.05) is 30.3 Å². The Kier molecular flexibility index (Phi) is 4.49. The minimum atomic E-state index is -1.45. The van der Waals surface area contributed by atoms with Crippen LogP contribution in [0.1, 0.15) is 18.4 Å². The molecular formula is C14H16FNO3. The Morgan fingerprint density at radius 3 is 2.84 bits per heavy atom. The van der Waals surface area contributed by atoms with Gasteiger partial charge in [0, 0.05) is 6.54 Å². The van der Waals surface area contributed by atoms with Gasteiger partial charge in [-0.25, -0.2) is 9.18 Å². The Labute approximate surface area is 111 Å². The van der Waals surface area contributed by atoms with Crippen LogP contribution in [0.15, 0.2) is 30.3 Å². The first-order valence-corrected chi connectivity index (χ1v) is 6.29. The molecule has 1 saturated heterocycles. The third-order valence-electron chi connectivity index (χ3n) is 3.04.